The Morgan fingerprint density at radius 1 is 1.33 bits per heavy atom. The molecule has 2 nitrogen and oxygen atoms in total. The topological polar surface area (TPSA) is 33.1 Å². The first-order valence-electron chi connectivity index (χ1n) is 6.11. The SMILES string of the molecule is OC(CC1Cc2ccccc21)c1ccnc(Cl)c1. The van der Waals surface area contributed by atoms with Crippen LogP contribution in [0.5, 0.6) is 0 Å². The Hall–Kier alpha value is -1.38. The first-order chi connectivity index (χ1) is 8.74. The van der Waals surface area contributed by atoms with E-state index < -0.39 is 6.10 Å². The highest BCUT2D eigenvalue weighted by Gasteiger charge is 2.27. The lowest BCUT2D eigenvalue weighted by Gasteiger charge is -2.31. The van der Waals surface area contributed by atoms with Gasteiger partial charge in [-0.25, -0.2) is 4.98 Å². The second-order valence-electron chi connectivity index (χ2n) is 4.76. The van der Waals surface area contributed by atoms with Crippen LogP contribution in [-0.2, 0) is 6.42 Å². The van der Waals surface area contributed by atoms with Crippen LogP contribution in [-0.4, -0.2) is 10.1 Å². The summed E-state index contributed by atoms with van der Waals surface area (Å²) in [5.74, 6) is 0.461. The van der Waals surface area contributed by atoms with Crippen LogP contribution in [0.3, 0.4) is 0 Å². The van der Waals surface area contributed by atoms with Gasteiger partial charge in [0.25, 0.3) is 0 Å². The summed E-state index contributed by atoms with van der Waals surface area (Å²) in [6.07, 6.45) is 2.97. The van der Waals surface area contributed by atoms with E-state index in [0.29, 0.717) is 11.1 Å². The minimum absolute atomic E-state index is 0.431. The molecule has 2 aromatic rings. The van der Waals surface area contributed by atoms with E-state index >= 15 is 0 Å². The second-order valence-corrected chi connectivity index (χ2v) is 5.15. The van der Waals surface area contributed by atoms with E-state index in [2.05, 4.69) is 29.2 Å². The third kappa shape index (κ3) is 2.14. The van der Waals surface area contributed by atoms with Crippen LogP contribution >= 0.6 is 11.6 Å². The maximum Gasteiger partial charge on any atom is 0.129 e. The third-order valence-electron chi connectivity index (χ3n) is 3.60. The molecule has 1 aromatic heterocycles. The lowest BCUT2D eigenvalue weighted by atomic mass is 9.74. The predicted octanol–water partition coefficient (Wildman–Crippen LogP) is 3.50. The molecule has 0 amide bonds. The molecule has 1 N–H and O–H groups in total. The molecular weight excluding hydrogens is 246 g/mol. The van der Waals surface area contributed by atoms with Gasteiger partial charge in [-0.3, -0.25) is 0 Å². The van der Waals surface area contributed by atoms with E-state index in [4.69, 9.17) is 11.6 Å². The van der Waals surface area contributed by atoms with Gasteiger partial charge in [0.05, 0.1) is 6.10 Å². The van der Waals surface area contributed by atoms with Crippen molar-refractivity contribution in [3.63, 3.8) is 0 Å². The smallest absolute Gasteiger partial charge is 0.129 e. The van der Waals surface area contributed by atoms with Gasteiger partial charge in [0.2, 0.25) is 0 Å². The predicted molar refractivity (Wildman–Crippen MR) is 71.7 cm³/mol. The Balaban J connectivity index is 1.72. The number of aliphatic hydroxyl groups excluding tert-OH is 1. The number of rotatable bonds is 3. The number of fused-ring (bicyclic) bond motifs is 1. The van der Waals surface area contributed by atoms with Gasteiger partial charge >= 0.3 is 0 Å². The van der Waals surface area contributed by atoms with E-state index in [1.165, 1.54) is 11.1 Å². The maximum absolute atomic E-state index is 10.2. The average Bonchev–Trinajstić information content (AvgIpc) is 2.36. The largest absolute Gasteiger partial charge is 0.388 e. The first-order valence-corrected chi connectivity index (χ1v) is 6.49. The summed E-state index contributed by atoms with van der Waals surface area (Å²) in [5.41, 5.74) is 3.62. The van der Waals surface area contributed by atoms with Gasteiger partial charge in [0.15, 0.2) is 0 Å². The molecule has 3 heteroatoms. The molecule has 1 heterocycles. The summed E-state index contributed by atoms with van der Waals surface area (Å²) in [5, 5.41) is 10.7. The summed E-state index contributed by atoms with van der Waals surface area (Å²) < 4.78 is 0. The number of hydrogen-bond donors (Lipinski definition) is 1. The Morgan fingerprint density at radius 2 is 2.17 bits per heavy atom. The Morgan fingerprint density at radius 3 is 2.94 bits per heavy atom. The molecule has 1 aromatic carbocycles. The highest BCUT2D eigenvalue weighted by Crippen LogP contribution is 2.40. The summed E-state index contributed by atoms with van der Waals surface area (Å²) >= 11 is 5.83. The van der Waals surface area contributed by atoms with E-state index in [9.17, 15) is 5.11 Å². The molecule has 0 aliphatic heterocycles. The summed E-state index contributed by atoms with van der Waals surface area (Å²) in [6, 6.07) is 12.0. The molecule has 1 aliphatic rings. The van der Waals surface area contributed by atoms with E-state index in [-0.39, 0.29) is 0 Å². The molecule has 0 spiro atoms. The summed E-state index contributed by atoms with van der Waals surface area (Å²) in [7, 11) is 0. The van der Waals surface area contributed by atoms with Crippen molar-refractivity contribution < 1.29 is 5.11 Å². The van der Waals surface area contributed by atoms with Crippen LogP contribution in [0, 0.1) is 0 Å². The molecule has 0 saturated heterocycles. The van der Waals surface area contributed by atoms with Gasteiger partial charge in [-0.1, -0.05) is 35.9 Å². The quantitative estimate of drug-likeness (QED) is 0.856. The number of halogens is 1. The third-order valence-corrected chi connectivity index (χ3v) is 3.81. The van der Waals surface area contributed by atoms with Gasteiger partial charge in [-0.15, -0.1) is 0 Å². The Labute approximate surface area is 111 Å². The van der Waals surface area contributed by atoms with Crippen LogP contribution in [0.1, 0.15) is 35.1 Å². The summed E-state index contributed by atoms with van der Waals surface area (Å²) in [6.45, 7) is 0. The molecule has 2 atom stereocenters. The van der Waals surface area contributed by atoms with Gasteiger partial charge in [0, 0.05) is 6.20 Å². The van der Waals surface area contributed by atoms with Crippen molar-refractivity contribution in [3.8, 4) is 0 Å². The molecule has 0 bridgehead atoms. The Bertz CT molecular complexity index is 570. The molecule has 92 valence electrons. The highest BCUT2D eigenvalue weighted by molar-refractivity contribution is 6.29. The van der Waals surface area contributed by atoms with Crippen LogP contribution < -0.4 is 0 Å². The molecule has 0 radical (unpaired) electrons. The number of aliphatic hydroxyl groups is 1. The van der Waals surface area contributed by atoms with Crippen LogP contribution in [0.4, 0.5) is 0 Å². The normalized spacial score (nSPS) is 18.9. The fourth-order valence-corrected chi connectivity index (χ4v) is 2.79. The molecule has 18 heavy (non-hydrogen) atoms. The van der Waals surface area contributed by atoms with Gasteiger partial charge < -0.3 is 5.11 Å². The zero-order valence-electron chi connectivity index (χ0n) is 9.88. The van der Waals surface area contributed by atoms with Crippen molar-refractivity contribution >= 4 is 11.6 Å². The average molecular weight is 260 g/mol. The minimum atomic E-state index is -0.469. The molecule has 3 rings (SSSR count). The Kier molecular flexibility index (Phi) is 3.06. The van der Waals surface area contributed by atoms with E-state index in [1.54, 1.807) is 12.3 Å². The fraction of sp³-hybridized carbons (Fsp3) is 0.267. The first kappa shape index (κ1) is 11.7. The van der Waals surface area contributed by atoms with Gasteiger partial charge in [0.1, 0.15) is 5.15 Å². The molecule has 2 unspecified atom stereocenters. The van der Waals surface area contributed by atoms with Crippen molar-refractivity contribution in [3.05, 3.63) is 64.4 Å². The maximum atomic E-state index is 10.2. The second kappa shape index (κ2) is 4.71. The van der Waals surface area contributed by atoms with Crippen LogP contribution in [0.25, 0.3) is 0 Å². The highest BCUT2D eigenvalue weighted by atomic mass is 35.5. The zero-order chi connectivity index (χ0) is 12.5. The number of nitrogens with zero attached hydrogens (tertiary/aromatic N) is 1. The standard InChI is InChI=1S/C15H14ClNO/c16-15-9-11(5-6-17-15)14(18)8-12-7-10-3-1-2-4-13(10)12/h1-6,9,12,14,18H,7-8H2. The van der Waals surface area contributed by atoms with Crippen molar-refractivity contribution in [2.75, 3.05) is 0 Å². The minimum Gasteiger partial charge on any atom is -0.388 e. The molecule has 1 aliphatic carbocycles. The molecular formula is C15H14ClNO. The lowest BCUT2D eigenvalue weighted by molar-refractivity contribution is 0.153. The number of aromatic nitrogens is 1. The fourth-order valence-electron chi connectivity index (χ4n) is 2.60. The number of benzene rings is 1. The monoisotopic (exact) mass is 259 g/mol. The number of hydrogen-bond acceptors (Lipinski definition) is 2. The van der Waals surface area contributed by atoms with Gasteiger partial charge in [-0.05, 0) is 47.6 Å². The zero-order valence-corrected chi connectivity index (χ0v) is 10.6. The summed E-state index contributed by atoms with van der Waals surface area (Å²) in [4.78, 5) is 3.93. The van der Waals surface area contributed by atoms with E-state index in [1.807, 2.05) is 6.07 Å². The molecule has 0 saturated carbocycles. The number of pyridine rings is 1. The van der Waals surface area contributed by atoms with Crippen LogP contribution in [0.2, 0.25) is 5.15 Å². The van der Waals surface area contributed by atoms with E-state index in [0.717, 1.165) is 18.4 Å². The van der Waals surface area contributed by atoms with Crippen molar-refractivity contribution in [2.45, 2.75) is 24.9 Å². The van der Waals surface area contributed by atoms with Crippen molar-refractivity contribution in [1.82, 2.24) is 4.98 Å². The van der Waals surface area contributed by atoms with Crippen LogP contribution in [0.15, 0.2) is 42.6 Å². The van der Waals surface area contributed by atoms with Crippen molar-refractivity contribution in [2.24, 2.45) is 0 Å². The van der Waals surface area contributed by atoms with Gasteiger partial charge in [-0.2, -0.15) is 0 Å². The molecule has 0 fully saturated rings. The van der Waals surface area contributed by atoms with Crippen molar-refractivity contribution in [1.29, 1.82) is 0 Å². The lowest BCUT2D eigenvalue weighted by Crippen LogP contribution is -2.19.